The Morgan fingerprint density at radius 1 is 1.13 bits per heavy atom. The van der Waals surface area contributed by atoms with Crippen LogP contribution in [0, 0.1) is 11.6 Å². The molecule has 0 radical (unpaired) electrons. The van der Waals surface area contributed by atoms with E-state index < -0.39 is 11.6 Å². The second-order valence-electron chi connectivity index (χ2n) is 8.65. The number of amides is 1. The number of benzene rings is 2. The molecule has 1 aliphatic rings. The standard InChI is InChI=1S/C23H24F2N2O2S/c1-23(2,3)15-6-4-14(5-7-15)21(28)27-10-8-17(9-11-27)29-22-26-20-18(25)12-16(24)13-19(20)30-22/h4-7,12-13,17H,8-11H2,1-3H3. The SMILES string of the molecule is CC(C)(C)c1ccc(C(=O)N2CCC(Oc3nc4c(F)cc(F)cc4s3)CC2)cc1. The van der Waals surface area contributed by atoms with Crippen molar-refractivity contribution in [2.75, 3.05) is 13.1 Å². The minimum Gasteiger partial charge on any atom is -0.467 e. The van der Waals surface area contributed by atoms with E-state index in [9.17, 15) is 13.6 Å². The predicted molar refractivity (Wildman–Crippen MR) is 114 cm³/mol. The zero-order valence-corrected chi connectivity index (χ0v) is 18.1. The summed E-state index contributed by atoms with van der Waals surface area (Å²) in [5, 5.41) is 0.331. The van der Waals surface area contributed by atoms with Gasteiger partial charge in [-0.25, -0.2) is 8.78 Å². The van der Waals surface area contributed by atoms with Crippen molar-refractivity contribution in [2.45, 2.75) is 45.1 Å². The summed E-state index contributed by atoms with van der Waals surface area (Å²) in [7, 11) is 0. The van der Waals surface area contributed by atoms with Crippen molar-refractivity contribution >= 4 is 27.5 Å². The van der Waals surface area contributed by atoms with E-state index in [4.69, 9.17) is 4.74 Å². The molecule has 2 heterocycles. The molecular weight excluding hydrogens is 406 g/mol. The van der Waals surface area contributed by atoms with Crippen molar-refractivity contribution in [1.29, 1.82) is 0 Å². The molecule has 0 bridgehead atoms. The van der Waals surface area contributed by atoms with Gasteiger partial charge < -0.3 is 9.64 Å². The molecule has 1 saturated heterocycles. The molecule has 0 atom stereocenters. The van der Waals surface area contributed by atoms with Gasteiger partial charge in [-0.05, 0) is 29.2 Å². The maximum absolute atomic E-state index is 13.8. The number of thiazole rings is 1. The van der Waals surface area contributed by atoms with E-state index in [1.807, 2.05) is 29.2 Å². The Morgan fingerprint density at radius 2 is 1.80 bits per heavy atom. The second-order valence-corrected chi connectivity index (χ2v) is 9.64. The minimum atomic E-state index is -0.686. The molecule has 30 heavy (non-hydrogen) atoms. The third kappa shape index (κ3) is 4.31. The predicted octanol–water partition coefficient (Wildman–Crippen LogP) is 5.56. The van der Waals surface area contributed by atoms with Gasteiger partial charge in [0.05, 0.1) is 4.70 Å². The van der Waals surface area contributed by atoms with Gasteiger partial charge in [0.15, 0.2) is 5.82 Å². The van der Waals surface area contributed by atoms with Gasteiger partial charge in [0, 0.05) is 37.6 Å². The zero-order valence-electron chi connectivity index (χ0n) is 17.2. The fraction of sp³-hybridized carbons (Fsp3) is 0.391. The fourth-order valence-electron chi connectivity index (χ4n) is 3.60. The minimum absolute atomic E-state index is 0.0199. The maximum Gasteiger partial charge on any atom is 0.274 e. The smallest absolute Gasteiger partial charge is 0.274 e. The third-order valence-electron chi connectivity index (χ3n) is 5.39. The summed E-state index contributed by atoms with van der Waals surface area (Å²) in [4.78, 5) is 18.8. The fourth-order valence-corrected chi connectivity index (χ4v) is 4.52. The molecule has 2 aromatic carbocycles. The highest BCUT2D eigenvalue weighted by molar-refractivity contribution is 7.20. The first-order chi connectivity index (χ1) is 14.2. The molecule has 0 N–H and O–H groups in total. The molecule has 0 unspecified atom stereocenters. The second kappa shape index (κ2) is 7.95. The van der Waals surface area contributed by atoms with Crippen molar-refractivity contribution < 1.29 is 18.3 Å². The highest BCUT2D eigenvalue weighted by Crippen LogP contribution is 2.32. The number of ether oxygens (including phenoxy) is 1. The van der Waals surface area contributed by atoms with Crippen molar-refractivity contribution in [2.24, 2.45) is 0 Å². The lowest BCUT2D eigenvalue weighted by molar-refractivity contribution is 0.0595. The van der Waals surface area contributed by atoms with Crippen molar-refractivity contribution in [3.05, 3.63) is 59.2 Å². The Bertz CT molecular complexity index is 1070. The summed E-state index contributed by atoms with van der Waals surface area (Å²) >= 11 is 1.13. The van der Waals surface area contributed by atoms with E-state index in [0.29, 0.717) is 41.4 Å². The number of piperidine rings is 1. The van der Waals surface area contributed by atoms with Crippen LogP contribution in [0.1, 0.15) is 49.5 Å². The van der Waals surface area contributed by atoms with Crippen LogP contribution in [0.3, 0.4) is 0 Å². The molecule has 4 nitrogen and oxygen atoms in total. The Hall–Kier alpha value is -2.54. The van der Waals surface area contributed by atoms with Crippen LogP contribution in [0.15, 0.2) is 36.4 Å². The molecule has 1 amide bonds. The number of likely N-dealkylation sites (tertiary alicyclic amines) is 1. The number of halogens is 2. The van der Waals surface area contributed by atoms with E-state index >= 15 is 0 Å². The quantitative estimate of drug-likeness (QED) is 0.547. The summed E-state index contributed by atoms with van der Waals surface area (Å²) in [6.07, 6.45) is 1.22. The Balaban J connectivity index is 1.37. The molecule has 0 saturated carbocycles. The lowest BCUT2D eigenvalue weighted by Gasteiger charge is -2.31. The van der Waals surface area contributed by atoms with Gasteiger partial charge in [0.2, 0.25) is 0 Å². The number of nitrogens with zero attached hydrogens (tertiary/aromatic N) is 2. The number of fused-ring (bicyclic) bond motifs is 1. The topological polar surface area (TPSA) is 42.4 Å². The van der Waals surface area contributed by atoms with Crippen LogP contribution in [0.25, 0.3) is 10.2 Å². The van der Waals surface area contributed by atoms with Crippen molar-refractivity contribution in [1.82, 2.24) is 9.88 Å². The van der Waals surface area contributed by atoms with Gasteiger partial charge >= 0.3 is 0 Å². The molecule has 3 aromatic rings. The first-order valence-electron chi connectivity index (χ1n) is 10.0. The molecule has 0 aliphatic carbocycles. The monoisotopic (exact) mass is 430 g/mol. The average Bonchev–Trinajstić information content (AvgIpc) is 3.10. The van der Waals surface area contributed by atoms with Crippen molar-refractivity contribution in [3.8, 4) is 5.19 Å². The Morgan fingerprint density at radius 3 is 2.43 bits per heavy atom. The van der Waals surface area contributed by atoms with Gasteiger partial charge in [-0.1, -0.05) is 44.2 Å². The first-order valence-corrected chi connectivity index (χ1v) is 10.8. The highest BCUT2D eigenvalue weighted by Gasteiger charge is 2.26. The number of hydrogen-bond acceptors (Lipinski definition) is 4. The summed E-state index contributed by atoms with van der Waals surface area (Å²) in [5.74, 6) is -1.29. The average molecular weight is 431 g/mol. The van der Waals surface area contributed by atoms with E-state index in [-0.39, 0.29) is 22.9 Å². The van der Waals surface area contributed by atoms with Crippen LogP contribution in [0.2, 0.25) is 0 Å². The molecule has 1 fully saturated rings. The van der Waals surface area contributed by atoms with Crippen LogP contribution in [-0.4, -0.2) is 35.0 Å². The van der Waals surface area contributed by atoms with E-state index in [0.717, 1.165) is 17.4 Å². The van der Waals surface area contributed by atoms with E-state index in [1.165, 1.54) is 11.6 Å². The van der Waals surface area contributed by atoms with Crippen LogP contribution < -0.4 is 4.74 Å². The maximum atomic E-state index is 13.8. The van der Waals surface area contributed by atoms with Crippen molar-refractivity contribution in [3.63, 3.8) is 0 Å². The van der Waals surface area contributed by atoms with Gasteiger partial charge in [-0.2, -0.15) is 4.98 Å². The molecule has 1 aliphatic heterocycles. The van der Waals surface area contributed by atoms with Crippen LogP contribution in [0.4, 0.5) is 8.78 Å². The Kier molecular flexibility index (Phi) is 5.49. The van der Waals surface area contributed by atoms with Gasteiger partial charge in [0.1, 0.15) is 17.4 Å². The van der Waals surface area contributed by atoms with Crippen LogP contribution in [-0.2, 0) is 5.41 Å². The number of aromatic nitrogens is 1. The zero-order chi connectivity index (χ0) is 21.5. The van der Waals surface area contributed by atoms with Gasteiger partial charge in [-0.3, -0.25) is 4.79 Å². The number of carbonyl (C=O) groups excluding carboxylic acids is 1. The third-order valence-corrected chi connectivity index (χ3v) is 6.28. The largest absolute Gasteiger partial charge is 0.467 e. The molecule has 7 heteroatoms. The van der Waals surface area contributed by atoms with Gasteiger partial charge in [0.25, 0.3) is 11.1 Å². The molecular formula is C23H24F2N2O2S. The number of hydrogen-bond donors (Lipinski definition) is 0. The molecule has 1 aromatic heterocycles. The first kappa shape index (κ1) is 20.7. The number of carbonyl (C=O) groups is 1. The summed E-state index contributed by atoms with van der Waals surface area (Å²) in [6.45, 7) is 7.59. The van der Waals surface area contributed by atoms with Gasteiger partial charge in [-0.15, -0.1) is 0 Å². The highest BCUT2D eigenvalue weighted by atomic mass is 32.1. The summed E-state index contributed by atoms with van der Waals surface area (Å²) < 4.78 is 33.5. The normalized spacial score (nSPS) is 15.6. The molecule has 158 valence electrons. The van der Waals surface area contributed by atoms with Crippen LogP contribution >= 0.6 is 11.3 Å². The summed E-state index contributed by atoms with van der Waals surface area (Å²) in [6, 6.07) is 9.89. The molecule has 4 rings (SSSR count). The van der Waals surface area contributed by atoms with E-state index in [1.54, 1.807) is 0 Å². The summed E-state index contributed by atoms with van der Waals surface area (Å²) in [5.41, 5.74) is 2.05. The Labute approximate surface area is 178 Å². The lowest BCUT2D eigenvalue weighted by atomic mass is 9.86. The van der Waals surface area contributed by atoms with E-state index in [2.05, 4.69) is 25.8 Å². The van der Waals surface area contributed by atoms with Crippen LogP contribution in [0.5, 0.6) is 5.19 Å². The number of rotatable bonds is 3. The molecule has 0 spiro atoms. The lowest BCUT2D eigenvalue weighted by Crippen LogP contribution is -2.41.